The summed E-state index contributed by atoms with van der Waals surface area (Å²) < 4.78 is 58.2. The zero-order valence-corrected chi connectivity index (χ0v) is 24.6. The smallest absolute Gasteiger partial charge is 0.431 e. The number of non-ortho nitro benzene ring substituents is 1. The molecule has 0 saturated carbocycles. The van der Waals surface area contributed by atoms with Gasteiger partial charge in [0.2, 0.25) is 0 Å². The molecule has 3 rings (SSSR count). The summed E-state index contributed by atoms with van der Waals surface area (Å²) in [5.74, 6) is -3.66. The molecular formula is C30H34F3N3O8. The number of methoxy groups -OCH3 is 1. The number of carbonyl (C=O) groups is 2. The van der Waals surface area contributed by atoms with Crippen molar-refractivity contribution in [3.63, 3.8) is 0 Å². The number of halogens is 3. The minimum Gasteiger partial charge on any atom is -0.491 e. The van der Waals surface area contributed by atoms with Crippen LogP contribution in [-0.2, 0) is 25.5 Å². The first-order valence-corrected chi connectivity index (χ1v) is 13.7. The predicted octanol–water partition coefficient (Wildman–Crippen LogP) is 4.07. The number of hydrogen-bond donors (Lipinski definition) is 3. The van der Waals surface area contributed by atoms with E-state index >= 15 is 0 Å². The number of nitrogens with one attached hydrogen (secondary N) is 2. The molecule has 0 saturated heterocycles. The van der Waals surface area contributed by atoms with Gasteiger partial charge in [0, 0.05) is 36.8 Å². The van der Waals surface area contributed by atoms with E-state index in [-0.39, 0.29) is 42.5 Å². The molecule has 0 amide bonds. The van der Waals surface area contributed by atoms with E-state index in [0.717, 1.165) is 19.2 Å². The molecule has 0 radical (unpaired) electrons. The number of nitro groups is 1. The summed E-state index contributed by atoms with van der Waals surface area (Å²) in [7, 11) is 0.885. The van der Waals surface area contributed by atoms with E-state index < -0.39 is 52.0 Å². The number of alkyl halides is 3. The third-order valence-corrected chi connectivity index (χ3v) is 6.66. The third kappa shape index (κ3) is 8.57. The van der Waals surface area contributed by atoms with E-state index in [9.17, 15) is 38.0 Å². The maximum atomic E-state index is 14.1. The van der Waals surface area contributed by atoms with Crippen molar-refractivity contribution in [2.45, 2.75) is 51.4 Å². The normalized spacial score (nSPS) is 16.0. The van der Waals surface area contributed by atoms with E-state index in [1.54, 1.807) is 24.3 Å². The van der Waals surface area contributed by atoms with Gasteiger partial charge in [-0.15, -0.1) is 0 Å². The van der Waals surface area contributed by atoms with Crippen molar-refractivity contribution in [1.29, 1.82) is 0 Å². The van der Waals surface area contributed by atoms with Gasteiger partial charge in [-0.2, -0.15) is 13.2 Å². The summed E-state index contributed by atoms with van der Waals surface area (Å²) in [6.45, 7) is 5.20. The van der Waals surface area contributed by atoms with Crippen LogP contribution in [0.25, 0.3) is 0 Å². The molecule has 2 unspecified atom stereocenters. The molecule has 3 N–H and O–H groups in total. The Hall–Kier alpha value is -4.43. The maximum absolute atomic E-state index is 14.1. The molecule has 0 spiro atoms. The topological polar surface area (TPSA) is 149 Å². The first-order valence-electron chi connectivity index (χ1n) is 13.7. The van der Waals surface area contributed by atoms with Gasteiger partial charge in [0.1, 0.15) is 24.2 Å². The minimum absolute atomic E-state index is 0.00332. The number of hydrogen-bond acceptors (Lipinski definition) is 10. The summed E-state index contributed by atoms with van der Waals surface area (Å²) in [6, 6.07) is 11.7. The van der Waals surface area contributed by atoms with Gasteiger partial charge < -0.3 is 30.0 Å². The number of carbonyl (C=O) groups excluding carboxylic acids is 2. The van der Waals surface area contributed by atoms with Crippen LogP contribution in [0.5, 0.6) is 5.75 Å². The molecule has 14 heteroatoms. The lowest BCUT2D eigenvalue weighted by atomic mass is 9.80. The Bertz CT molecular complexity index is 1440. The molecule has 2 aromatic rings. The Labute approximate surface area is 251 Å². The highest BCUT2D eigenvalue weighted by molar-refractivity contribution is 6.00. The number of nitro benzene ring substituents is 1. The standard InChI is InChI=1S/C30H34F3N3O8/c1-17(2)34-15-22(37)16-44-23-11-6-5-8-19(23)12-13-43-29(39)24-18(3)35-27(30(31,32)33)26(28(38)42-4)25(24)20-9-7-10-21(14-20)36(40)41/h5-11,14,17,22,25,34-35,37H,12-13,15-16H2,1-4H3. The summed E-state index contributed by atoms with van der Waals surface area (Å²) in [4.78, 5) is 36.9. The third-order valence-electron chi connectivity index (χ3n) is 6.66. The Morgan fingerprint density at radius 1 is 1.11 bits per heavy atom. The van der Waals surface area contributed by atoms with Gasteiger partial charge in [-0.05, 0) is 24.1 Å². The van der Waals surface area contributed by atoms with E-state index in [0.29, 0.717) is 17.9 Å². The summed E-state index contributed by atoms with van der Waals surface area (Å²) >= 11 is 0. The highest BCUT2D eigenvalue weighted by Gasteiger charge is 2.47. The zero-order valence-electron chi connectivity index (χ0n) is 24.6. The molecule has 1 aliphatic heterocycles. The Balaban J connectivity index is 1.88. The second-order valence-corrected chi connectivity index (χ2v) is 10.2. The quantitative estimate of drug-likeness (QED) is 0.170. The fourth-order valence-electron chi connectivity index (χ4n) is 4.60. The monoisotopic (exact) mass is 621 g/mol. The number of aliphatic hydroxyl groups is 1. The van der Waals surface area contributed by atoms with Crippen molar-refractivity contribution in [3.8, 4) is 5.75 Å². The fraction of sp³-hybridized carbons (Fsp3) is 0.400. The number of dihydropyridines is 1. The lowest BCUT2D eigenvalue weighted by Gasteiger charge is -2.32. The molecule has 0 aliphatic carbocycles. The van der Waals surface area contributed by atoms with Crippen LogP contribution < -0.4 is 15.4 Å². The summed E-state index contributed by atoms with van der Waals surface area (Å²) in [5.41, 5.74) is -2.91. The molecular weight excluding hydrogens is 587 g/mol. The van der Waals surface area contributed by atoms with E-state index in [1.165, 1.54) is 19.1 Å². The van der Waals surface area contributed by atoms with Crippen LogP contribution in [0.2, 0.25) is 0 Å². The van der Waals surface area contributed by atoms with Crippen molar-refractivity contribution in [2.24, 2.45) is 0 Å². The van der Waals surface area contributed by atoms with Gasteiger partial charge in [0.05, 0.1) is 35.7 Å². The number of rotatable bonds is 13. The number of aliphatic hydroxyl groups excluding tert-OH is 1. The predicted molar refractivity (Wildman–Crippen MR) is 153 cm³/mol. The number of nitrogens with zero attached hydrogens (tertiary/aromatic N) is 1. The van der Waals surface area contributed by atoms with E-state index in [4.69, 9.17) is 9.47 Å². The molecule has 44 heavy (non-hydrogen) atoms. The molecule has 11 nitrogen and oxygen atoms in total. The van der Waals surface area contributed by atoms with Gasteiger partial charge in [-0.3, -0.25) is 10.1 Å². The van der Waals surface area contributed by atoms with Gasteiger partial charge in [-0.25, -0.2) is 9.59 Å². The van der Waals surface area contributed by atoms with Crippen LogP contribution >= 0.6 is 0 Å². The Kier molecular flexibility index (Phi) is 11.5. The van der Waals surface area contributed by atoms with Crippen molar-refractivity contribution in [1.82, 2.24) is 10.6 Å². The largest absolute Gasteiger partial charge is 0.491 e. The molecule has 0 fully saturated rings. The zero-order chi connectivity index (χ0) is 32.6. The number of benzene rings is 2. The number of ether oxygens (including phenoxy) is 3. The lowest BCUT2D eigenvalue weighted by Crippen LogP contribution is -2.38. The molecule has 2 aromatic carbocycles. The summed E-state index contributed by atoms with van der Waals surface area (Å²) in [5, 5.41) is 26.8. The Morgan fingerprint density at radius 2 is 1.82 bits per heavy atom. The van der Waals surface area contributed by atoms with Crippen molar-refractivity contribution in [2.75, 3.05) is 26.9 Å². The van der Waals surface area contributed by atoms with Crippen LogP contribution in [-0.4, -0.2) is 67.2 Å². The highest BCUT2D eigenvalue weighted by Crippen LogP contribution is 2.44. The van der Waals surface area contributed by atoms with Gasteiger partial charge in [0.15, 0.2) is 0 Å². The second-order valence-electron chi connectivity index (χ2n) is 10.2. The highest BCUT2D eigenvalue weighted by atomic mass is 19.4. The molecule has 0 bridgehead atoms. The van der Waals surface area contributed by atoms with Crippen molar-refractivity contribution < 1.29 is 47.0 Å². The lowest BCUT2D eigenvalue weighted by molar-refractivity contribution is -0.384. The maximum Gasteiger partial charge on any atom is 0.431 e. The van der Waals surface area contributed by atoms with Crippen molar-refractivity contribution in [3.05, 3.63) is 92.3 Å². The Morgan fingerprint density at radius 3 is 2.45 bits per heavy atom. The first-order chi connectivity index (χ1) is 20.7. The second kappa shape index (κ2) is 14.8. The van der Waals surface area contributed by atoms with Crippen LogP contribution in [0.15, 0.2) is 71.1 Å². The van der Waals surface area contributed by atoms with Gasteiger partial charge >= 0.3 is 18.1 Å². The van der Waals surface area contributed by atoms with E-state index in [1.807, 2.05) is 13.8 Å². The van der Waals surface area contributed by atoms with Crippen LogP contribution in [0.3, 0.4) is 0 Å². The van der Waals surface area contributed by atoms with Gasteiger partial charge in [-0.1, -0.05) is 44.2 Å². The number of allylic oxidation sites excluding steroid dienone is 2. The fourth-order valence-corrected chi connectivity index (χ4v) is 4.60. The van der Waals surface area contributed by atoms with Crippen molar-refractivity contribution >= 4 is 17.6 Å². The van der Waals surface area contributed by atoms with Crippen LogP contribution in [0, 0.1) is 10.1 Å². The average Bonchev–Trinajstić information content (AvgIpc) is 2.98. The molecule has 0 aromatic heterocycles. The molecule has 238 valence electrons. The van der Waals surface area contributed by atoms with Crippen LogP contribution in [0.1, 0.15) is 37.8 Å². The van der Waals surface area contributed by atoms with Crippen LogP contribution in [0.4, 0.5) is 18.9 Å². The first kappa shape index (κ1) is 34.1. The number of para-hydroxylation sites is 1. The summed E-state index contributed by atoms with van der Waals surface area (Å²) in [6.07, 6.45) is -5.68. The number of esters is 2. The molecule has 1 aliphatic rings. The minimum atomic E-state index is -5.05. The average molecular weight is 622 g/mol. The SMILES string of the molecule is COC(=O)C1=C(C(F)(F)F)NC(C)=C(C(=O)OCCc2ccccc2OCC(O)CNC(C)C)C1c1cccc([N+](=O)[O-])c1. The van der Waals surface area contributed by atoms with Gasteiger partial charge in [0.25, 0.3) is 5.69 Å². The molecule has 2 atom stereocenters. The van der Waals surface area contributed by atoms with E-state index in [2.05, 4.69) is 15.4 Å². The molecule has 1 heterocycles.